The van der Waals surface area contributed by atoms with Gasteiger partial charge in [-0.15, -0.1) is 0 Å². The number of aliphatic hydroxyl groups excluding tert-OH is 3. The molecule has 0 aromatic heterocycles. The Kier molecular flexibility index (Phi) is 4.95. The van der Waals surface area contributed by atoms with Crippen molar-refractivity contribution >= 4 is 5.78 Å². The van der Waals surface area contributed by atoms with Crippen molar-refractivity contribution in [2.24, 2.45) is 5.90 Å². The van der Waals surface area contributed by atoms with E-state index in [-0.39, 0.29) is 0 Å². The zero-order valence-electron chi connectivity index (χ0n) is 6.67. The van der Waals surface area contributed by atoms with Crippen LogP contribution in [-0.4, -0.2) is 46.0 Å². The van der Waals surface area contributed by atoms with Gasteiger partial charge in [0.1, 0.15) is 18.3 Å². The Morgan fingerprint density at radius 2 is 2.08 bits per heavy atom. The molecule has 72 valence electrons. The largest absolute Gasteiger partial charge is 0.393 e. The van der Waals surface area contributed by atoms with Crippen LogP contribution < -0.4 is 5.90 Å². The van der Waals surface area contributed by atoms with E-state index >= 15 is 0 Å². The number of hydrogen-bond donors (Lipinski definition) is 4. The Bertz CT molecular complexity index is 147. The van der Waals surface area contributed by atoms with Gasteiger partial charge in [-0.1, -0.05) is 0 Å². The summed E-state index contributed by atoms with van der Waals surface area (Å²) in [5.41, 5.74) is 0. The number of rotatable bonds is 5. The average molecular weight is 179 g/mol. The molecule has 0 saturated heterocycles. The van der Waals surface area contributed by atoms with Crippen molar-refractivity contribution in [1.82, 2.24) is 0 Å². The molecule has 3 unspecified atom stereocenters. The summed E-state index contributed by atoms with van der Waals surface area (Å²) in [5, 5.41) is 26.6. The summed E-state index contributed by atoms with van der Waals surface area (Å²) in [6, 6.07) is 0. The number of carbonyl (C=O) groups excluding carboxylic acids is 1. The molecule has 0 saturated carbocycles. The van der Waals surface area contributed by atoms with Gasteiger partial charge in [0.15, 0.2) is 5.78 Å². The molecule has 0 radical (unpaired) electrons. The minimum Gasteiger partial charge on any atom is -0.393 e. The van der Waals surface area contributed by atoms with Crippen LogP contribution >= 0.6 is 0 Å². The normalized spacial score (nSPS) is 18.4. The molecule has 0 aromatic carbocycles. The minimum absolute atomic E-state index is 0.567. The van der Waals surface area contributed by atoms with Gasteiger partial charge in [-0.3, -0.25) is 9.63 Å². The van der Waals surface area contributed by atoms with Gasteiger partial charge in [-0.25, -0.2) is 5.90 Å². The van der Waals surface area contributed by atoms with Crippen molar-refractivity contribution in [3.63, 3.8) is 0 Å². The van der Waals surface area contributed by atoms with Crippen LogP contribution in [0.3, 0.4) is 0 Å². The molecule has 0 fully saturated rings. The summed E-state index contributed by atoms with van der Waals surface area (Å²) in [7, 11) is 0. The van der Waals surface area contributed by atoms with Crippen molar-refractivity contribution in [2.75, 3.05) is 6.61 Å². The molecule has 0 rings (SSSR count). The molecule has 0 amide bonds. The van der Waals surface area contributed by atoms with Crippen LogP contribution in [0.4, 0.5) is 0 Å². The molecule has 6 heteroatoms. The Morgan fingerprint density at radius 1 is 1.58 bits per heavy atom. The second-order valence-corrected chi connectivity index (χ2v) is 2.40. The zero-order chi connectivity index (χ0) is 9.72. The maximum absolute atomic E-state index is 10.5. The lowest BCUT2D eigenvalue weighted by Crippen LogP contribution is -2.45. The smallest absolute Gasteiger partial charge is 0.160 e. The predicted molar refractivity (Wildman–Crippen MR) is 38.8 cm³/mol. The highest BCUT2D eigenvalue weighted by molar-refractivity contribution is 5.80. The fourth-order valence-corrected chi connectivity index (χ4v) is 0.675. The number of aliphatic hydroxyl groups is 3. The van der Waals surface area contributed by atoms with E-state index < -0.39 is 30.7 Å². The first kappa shape index (κ1) is 11.5. The van der Waals surface area contributed by atoms with Crippen LogP contribution in [0, 0.1) is 0 Å². The highest BCUT2D eigenvalue weighted by Crippen LogP contribution is 2.02. The maximum Gasteiger partial charge on any atom is 0.160 e. The average Bonchev–Trinajstić information content (AvgIpc) is 2.05. The SMILES string of the molecule is CC(=O)C(O)C(O)C(CO)ON. The van der Waals surface area contributed by atoms with Gasteiger partial charge < -0.3 is 15.3 Å². The van der Waals surface area contributed by atoms with E-state index in [9.17, 15) is 4.79 Å². The first-order valence-corrected chi connectivity index (χ1v) is 3.37. The molecule has 3 atom stereocenters. The van der Waals surface area contributed by atoms with Crippen LogP contribution in [0.15, 0.2) is 0 Å². The summed E-state index contributed by atoms with van der Waals surface area (Å²) < 4.78 is 0. The summed E-state index contributed by atoms with van der Waals surface area (Å²) in [4.78, 5) is 14.7. The maximum atomic E-state index is 10.5. The van der Waals surface area contributed by atoms with Crippen molar-refractivity contribution in [1.29, 1.82) is 0 Å². The van der Waals surface area contributed by atoms with Crippen LogP contribution in [-0.2, 0) is 9.63 Å². The minimum atomic E-state index is -1.58. The topological polar surface area (TPSA) is 113 Å². The molecule has 0 aliphatic carbocycles. The van der Waals surface area contributed by atoms with Crippen molar-refractivity contribution in [3.8, 4) is 0 Å². The van der Waals surface area contributed by atoms with Gasteiger partial charge in [0, 0.05) is 0 Å². The van der Waals surface area contributed by atoms with Gasteiger partial charge in [0.05, 0.1) is 6.61 Å². The Morgan fingerprint density at radius 3 is 2.33 bits per heavy atom. The third-order valence-electron chi connectivity index (χ3n) is 1.48. The van der Waals surface area contributed by atoms with Crippen LogP contribution in [0.25, 0.3) is 0 Å². The van der Waals surface area contributed by atoms with E-state index in [1.807, 2.05) is 0 Å². The molecular formula is C6H13NO5. The number of Topliss-reactive ketones (excluding diaryl/α,β-unsaturated/α-hetero) is 1. The molecule has 0 heterocycles. The van der Waals surface area contributed by atoms with Crippen LogP contribution in [0.1, 0.15) is 6.92 Å². The van der Waals surface area contributed by atoms with Gasteiger partial charge in [-0.05, 0) is 6.92 Å². The highest BCUT2D eigenvalue weighted by Gasteiger charge is 2.29. The quantitative estimate of drug-likeness (QED) is 0.348. The third kappa shape index (κ3) is 2.84. The zero-order valence-corrected chi connectivity index (χ0v) is 6.67. The Balaban J connectivity index is 4.14. The van der Waals surface area contributed by atoms with Gasteiger partial charge >= 0.3 is 0 Å². The van der Waals surface area contributed by atoms with Crippen LogP contribution in [0.2, 0.25) is 0 Å². The number of hydrogen-bond acceptors (Lipinski definition) is 6. The Hall–Kier alpha value is -0.530. The van der Waals surface area contributed by atoms with Crippen molar-refractivity contribution < 1.29 is 25.0 Å². The summed E-state index contributed by atoms with van der Waals surface area (Å²) in [5.74, 6) is 4.07. The summed E-state index contributed by atoms with van der Waals surface area (Å²) in [6.45, 7) is 0.543. The van der Waals surface area contributed by atoms with E-state index in [4.69, 9.17) is 15.3 Å². The standard InChI is InChI=1S/C6H13NO5/c1-3(9)5(10)6(11)4(2-8)12-7/h4-6,8,10-11H,2,7H2,1H3. The monoisotopic (exact) mass is 179 g/mol. The first-order valence-electron chi connectivity index (χ1n) is 3.37. The van der Waals surface area contributed by atoms with E-state index in [1.54, 1.807) is 0 Å². The molecule has 0 aliphatic rings. The molecule has 0 aliphatic heterocycles. The van der Waals surface area contributed by atoms with Crippen molar-refractivity contribution in [2.45, 2.75) is 25.2 Å². The molecule has 0 bridgehead atoms. The lowest BCUT2D eigenvalue weighted by molar-refractivity contribution is -0.143. The molecule has 5 N–H and O–H groups in total. The number of carbonyl (C=O) groups is 1. The third-order valence-corrected chi connectivity index (χ3v) is 1.48. The molecule has 0 spiro atoms. The second kappa shape index (κ2) is 5.18. The predicted octanol–water partition coefficient (Wildman–Crippen LogP) is -2.45. The lowest BCUT2D eigenvalue weighted by atomic mass is 10.1. The molecule has 12 heavy (non-hydrogen) atoms. The first-order chi connectivity index (χ1) is 5.54. The molecule has 6 nitrogen and oxygen atoms in total. The highest BCUT2D eigenvalue weighted by atomic mass is 16.6. The van der Waals surface area contributed by atoms with E-state index in [0.29, 0.717) is 0 Å². The number of ketones is 1. The molecule has 0 aromatic rings. The summed E-state index contributed by atoms with van der Waals surface area (Å²) in [6.07, 6.45) is -4.23. The fraction of sp³-hybridized carbons (Fsp3) is 0.833. The molecular weight excluding hydrogens is 166 g/mol. The van der Waals surface area contributed by atoms with Crippen LogP contribution in [0.5, 0.6) is 0 Å². The summed E-state index contributed by atoms with van der Waals surface area (Å²) >= 11 is 0. The second-order valence-electron chi connectivity index (χ2n) is 2.40. The Labute approximate surface area is 69.5 Å². The van der Waals surface area contributed by atoms with E-state index in [1.165, 1.54) is 0 Å². The van der Waals surface area contributed by atoms with Gasteiger partial charge in [-0.2, -0.15) is 0 Å². The van der Waals surface area contributed by atoms with E-state index in [2.05, 4.69) is 10.7 Å². The van der Waals surface area contributed by atoms with Gasteiger partial charge in [0.25, 0.3) is 0 Å². The lowest BCUT2D eigenvalue weighted by Gasteiger charge is -2.21. The van der Waals surface area contributed by atoms with Crippen molar-refractivity contribution in [3.05, 3.63) is 0 Å². The number of nitrogens with two attached hydrogens (primary N) is 1. The fourth-order valence-electron chi connectivity index (χ4n) is 0.675. The van der Waals surface area contributed by atoms with E-state index in [0.717, 1.165) is 6.92 Å². The van der Waals surface area contributed by atoms with Gasteiger partial charge in [0.2, 0.25) is 0 Å².